The molecular weight excluding hydrogens is 338 g/mol. The highest BCUT2D eigenvalue weighted by atomic mass is 16.2. The summed E-state index contributed by atoms with van der Waals surface area (Å²) in [7, 11) is 0. The van der Waals surface area contributed by atoms with E-state index in [9.17, 15) is 4.79 Å². The van der Waals surface area contributed by atoms with Gasteiger partial charge in [0, 0.05) is 51.3 Å². The molecule has 27 heavy (non-hydrogen) atoms. The molecule has 6 nitrogen and oxygen atoms in total. The zero-order valence-electron chi connectivity index (χ0n) is 15.2. The number of piperazine rings is 1. The third kappa shape index (κ3) is 4.41. The predicted molar refractivity (Wildman–Crippen MR) is 103 cm³/mol. The predicted octanol–water partition coefficient (Wildman–Crippen LogP) is 2.28. The third-order valence-corrected chi connectivity index (χ3v) is 4.86. The molecule has 3 aromatic rings. The summed E-state index contributed by atoms with van der Waals surface area (Å²) in [4.78, 5) is 21.2. The summed E-state index contributed by atoms with van der Waals surface area (Å²) in [5.74, 6) is 0.0651. The van der Waals surface area contributed by atoms with Crippen LogP contribution < -0.4 is 0 Å². The molecule has 0 radical (unpaired) electrons. The molecule has 138 valence electrons. The van der Waals surface area contributed by atoms with Crippen molar-refractivity contribution in [2.75, 3.05) is 26.2 Å². The van der Waals surface area contributed by atoms with Crippen LogP contribution in [0.2, 0.25) is 0 Å². The van der Waals surface area contributed by atoms with Crippen LogP contribution in [0.15, 0.2) is 67.3 Å². The molecule has 1 amide bonds. The number of hydrogen-bond donors (Lipinski definition) is 0. The standard InChI is InChI=1S/C21H23N5O/c27-21(20-14-23-26(17-20)16-18-5-2-1-3-6-18)25-11-9-24(10-12-25)15-19-7-4-8-22-13-19/h1-8,13-14,17H,9-12,15-16H2. The first-order valence-corrected chi connectivity index (χ1v) is 9.25. The van der Waals surface area contributed by atoms with E-state index in [-0.39, 0.29) is 5.91 Å². The van der Waals surface area contributed by atoms with E-state index in [2.05, 4.69) is 33.2 Å². The van der Waals surface area contributed by atoms with Gasteiger partial charge >= 0.3 is 0 Å². The first-order chi connectivity index (χ1) is 13.3. The van der Waals surface area contributed by atoms with Crippen molar-refractivity contribution in [1.29, 1.82) is 0 Å². The number of pyridine rings is 1. The number of amides is 1. The number of aromatic nitrogens is 3. The molecule has 0 saturated carbocycles. The van der Waals surface area contributed by atoms with Gasteiger partial charge < -0.3 is 4.90 Å². The summed E-state index contributed by atoms with van der Waals surface area (Å²) < 4.78 is 1.82. The van der Waals surface area contributed by atoms with E-state index in [0.29, 0.717) is 12.1 Å². The summed E-state index contributed by atoms with van der Waals surface area (Å²) in [5.41, 5.74) is 3.04. The molecule has 1 fully saturated rings. The van der Waals surface area contributed by atoms with Crippen molar-refractivity contribution in [3.8, 4) is 0 Å². The van der Waals surface area contributed by atoms with E-state index in [1.54, 1.807) is 12.4 Å². The average molecular weight is 361 g/mol. The Morgan fingerprint density at radius 2 is 1.67 bits per heavy atom. The molecule has 1 aliphatic heterocycles. The Balaban J connectivity index is 1.32. The van der Waals surface area contributed by atoms with Gasteiger partial charge in [-0.3, -0.25) is 19.4 Å². The van der Waals surface area contributed by atoms with Crippen LogP contribution in [0.5, 0.6) is 0 Å². The highest BCUT2D eigenvalue weighted by Gasteiger charge is 2.23. The smallest absolute Gasteiger partial charge is 0.257 e. The quantitative estimate of drug-likeness (QED) is 0.700. The topological polar surface area (TPSA) is 54.3 Å². The number of benzene rings is 1. The highest BCUT2D eigenvalue weighted by Crippen LogP contribution is 2.12. The fourth-order valence-electron chi connectivity index (χ4n) is 3.37. The van der Waals surface area contributed by atoms with Gasteiger partial charge in [0.05, 0.1) is 18.3 Å². The van der Waals surface area contributed by atoms with Crippen LogP contribution in [0.4, 0.5) is 0 Å². The van der Waals surface area contributed by atoms with Gasteiger partial charge in [-0.1, -0.05) is 36.4 Å². The van der Waals surface area contributed by atoms with Gasteiger partial charge in [0.2, 0.25) is 0 Å². The minimum Gasteiger partial charge on any atom is -0.336 e. The van der Waals surface area contributed by atoms with Crippen molar-refractivity contribution >= 4 is 5.91 Å². The van der Waals surface area contributed by atoms with E-state index in [1.807, 2.05) is 46.2 Å². The molecule has 0 bridgehead atoms. The normalized spacial score (nSPS) is 15.0. The van der Waals surface area contributed by atoms with E-state index in [0.717, 1.165) is 32.7 Å². The second kappa shape index (κ2) is 8.14. The molecule has 1 aliphatic rings. The largest absolute Gasteiger partial charge is 0.336 e. The van der Waals surface area contributed by atoms with Crippen LogP contribution in [0.1, 0.15) is 21.5 Å². The van der Waals surface area contributed by atoms with Gasteiger partial charge in [-0.15, -0.1) is 0 Å². The lowest BCUT2D eigenvalue weighted by atomic mass is 10.2. The number of carbonyl (C=O) groups is 1. The Labute approximate surface area is 159 Å². The van der Waals surface area contributed by atoms with E-state index in [4.69, 9.17) is 0 Å². The average Bonchev–Trinajstić information content (AvgIpc) is 3.18. The molecule has 3 heterocycles. The first kappa shape index (κ1) is 17.4. The number of nitrogens with zero attached hydrogens (tertiary/aromatic N) is 5. The molecule has 0 spiro atoms. The van der Waals surface area contributed by atoms with Gasteiger partial charge in [0.25, 0.3) is 5.91 Å². The Morgan fingerprint density at radius 3 is 2.41 bits per heavy atom. The summed E-state index contributed by atoms with van der Waals surface area (Å²) in [6.07, 6.45) is 7.21. The minimum atomic E-state index is 0.0651. The molecule has 1 aromatic carbocycles. The second-order valence-electron chi connectivity index (χ2n) is 6.84. The SMILES string of the molecule is O=C(c1cnn(Cc2ccccc2)c1)N1CCN(Cc2cccnc2)CC1. The van der Waals surface area contributed by atoms with Gasteiger partial charge in [-0.2, -0.15) is 5.10 Å². The molecule has 0 aliphatic carbocycles. The van der Waals surface area contributed by atoms with Crippen molar-refractivity contribution in [2.24, 2.45) is 0 Å². The van der Waals surface area contributed by atoms with E-state index >= 15 is 0 Å². The molecule has 1 saturated heterocycles. The van der Waals surface area contributed by atoms with Crippen molar-refractivity contribution in [3.05, 3.63) is 83.9 Å². The van der Waals surface area contributed by atoms with Gasteiger partial charge in [0.1, 0.15) is 0 Å². The molecule has 0 unspecified atom stereocenters. The second-order valence-corrected chi connectivity index (χ2v) is 6.84. The van der Waals surface area contributed by atoms with Crippen LogP contribution in [0.3, 0.4) is 0 Å². The number of rotatable bonds is 5. The molecule has 4 rings (SSSR count). The fourth-order valence-corrected chi connectivity index (χ4v) is 3.37. The monoisotopic (exact) mass is 361 g/mol. The summed E-state index contributed by atoms with van der Waals surface area (Å²) in [5, 5.41) is 4.35. The van der Waals surface area contributed by atoms with Crippen LogP contribution >= 0.6 is 0 Å². The van der Waals surface area contributed by atoms with Crippen molar-refractivity contribution in [1.82, 2.24) is 24.6 Å². The lowest BCUT2D eigenvalue weighted by Gasteiger charge is -2.34. The first-order valence-electron chi connectivity index (χ1n) is 9.25. The van der Waals surface area contributed by atoms with E-state index < -0.39 is 0 Å². The van der Waals surface area contributed by atoms with Crippen LogP contribution in [0.25, 0.3) is 0 Å². The van der Waals surface area contributed by atoms with Crippen molar-refractivity contribution in [3.63, 3.8) is 0 Å². The summed E-state index contributed by atoms with van der Waals surface area (Å²) in [6, 6.07) is 14.2. The van der Waals surface area contributed by atoms with Gasteiger partial charge in [-0.05, 0) is 17.2 Å². The number of hydrogen-bond acceptors (Lipinski definition) is 4. The maximum absolute atomic E-state index is 12.8. The number of carbonyl (C=O) groups excluding carboxylic acids is 1. The summed E-state index contributed by atoms with van der Waals surface area (Å²) >= 11 is 0. The summed E-state index contributed by atoms with van der Waals surface area (Å²) in [6.45, 7) is 4.78. The van der Waals surface area contributed by atoms with Gasteiger partial charge in [0.15, 0.2) is 0 Å². The zero-order valence-corrected chi connectivity index (χ0v) is 15.2. The molecular formula is C21H23N5O. The fraction of sp³-hybridized carbons (Fsp3) is 0.286. The van der Waals surface area contributed by atoms with Crippen molar-refractivity contribution < 1.29 is 4.79 Å². The maximum atomic E-state index is 12.8. The maximum Gasteiger partial charge on any atom is 0.257 e. The zero-order chi connectivity index (χ0) is 18.5. The molecule has 2 aromatic heterocycles. The van der Waals surface area contributed by atoms with Gasteiger partial charge in [-0.25, -0.2) is 0 Å². The van der Waals surface area contributed by atoms with Crippen LogP contribution in [-0.4, -0.2) is 56.7 Å². The molecule has 6 heteroatoms. The lowest BCUT2D eigenvalue weighted by Crippen LogP contribution is -2.48. The Bertz CT molecular complexity index is 870. The molecule has 0 N–H and O–H groups in total. The van der Waals surface area contributed by atoms with Crippen molar-refractivity contribution in [2.45, 2.75) is 13.1 Å². The highest BCUT2D eigenvalue weighted by molar-refractivity contribution is 5.93. The van der Waals surface area contributed by atoms with Crippen LogP contribution in [0, 0.1) is 0 Å². The molecule has 0 atom stereocenters. The van der Waals surface area contributed by atoms with Crippen LogP contribution in [-0.2, 0) is 13.1 Å². The Hall–Kier alpha value is -2.99. The minimum absolute atomic E-state index is 0.0651. The Kier molecular flexibility index (Phi) is 5.25. The lowest BCUT2D eigenvalue weighted by molar-refractivity contribution is 0.0628. The third-order valence-electron chi connectivity index (χ3n) is 4.86. The Morgan fingerprint density at radius 1 is 0.889 bits per heavy atom. The van der Waals surface area contributed by atoms with E-state index in [1.165, 1.54) is 11.1 Å².